The number of rotatable bonds is 5. The molecule has 1 aromatic rings. The van der Waals surface area contributed by atoms with Crippen LogP contribution in [0.1, 0.15) is 45.7 Å². The summed E-state index contributed by atoms with van der Waals surface area (Å²) in [5.41, 5.74) is 6.48. The van der Waals surface area contributed by atoms with Gasteiger partial charge in [0, 0.05) is 12.1 Å². The Balaban J connectivity index is 1.90. The molecule has 1 amide bonds. The fourth-order valence-corrected chi connectivity index (χ4v) is 3.00. The highest BCUT2D eigenvalue weighted by Gasteiger charge is 2.32. The van der Waals surface area contributed by atoms with Crippen LogP contribution in [0.25, 0.3) is 0 Å². The lowest BCUT2D eigenvalue weighted by molar-refractivity contribution is 0.0603. The van der Waals surface area contributed by atoms with Crippen molar-refractivity contribution in [2.45, 2.75) is 37.8 Å². The largest absolute Gasteiger partial charge is 0.465 e. The van der Waals surface area contributed by atoms with Gasteiger partial charge in [-0.25, -0.2) is 4.79 Å². The molecule has 0 radical (unpaired) electrons. The van der Waals surface area contributed by atoms with Gasteiger partial charge in [-0.1, -0.05) is 0 Å². The van der Waals surface area contributed by atoms with Crippen molar-refractivity contribution in [3.63, 3.8) is 0 Å². The SMILES string of the molecule is COC(=O)c1c(NC2CC2)sc(C(=O)NC2CC2)c1N. The number of anilines is 2. The standard InChI is InChI=1S/C13H17N3O3S/c1-19-13(18)8-9(14)10(11(17)15-6-2-3-6)20-12(8)16-7-4-5-7/h6-7,16H,2-5,14H2,1H3,(H,15,17). The smallest absolute Gasteiger partial charge is 0.343 e. The summed E-state index contributed by atoms with van der Waals surface area (Å²) in [6, 6.07) is 0.626. The molecule has 7 heteroatoms. The molecule has 3 rings (SSSR count). The van der Waals surface area contributed by atoms with Crippen LogP contribution >= 0.6 is 11.3 Å². The third kappa shape index (κ3) is 2.58. The molecule has 0 unspecified atom stereocenters. The van der Waals surface area contributed by atoms with Crippen molar-refractivity contribution >= 4 is 33.9 Å². The Bertz CT molecular complexity index is 561. The fourth-order valence-electron chi connectivity index (χ4n) is 1.91. The van der Waals surface area contributed by atoms with Crippen LogP contribution in [-0.2, 0) is 4.74 Å². The van der Waals surface area contributed by atoms with Crippen molar-refractivity contribution in [3.8, 4) is 0 Å². The number of amides is 1. The number of thiophene rings is 1. The zero-order valence-corrected chi connectivity index (χ0v) is 12.0. The molecule has 0 bridgehead atoms. The van der Waals surface area contributed by atoms with Gasteiger partial charge in [0.15, 0.2) is 0 Å². The number of ether oxygens (including phenoxy) is 1. The fraction of sp³-hybridized carbons (Fsp3) is 0.538. The molecule has 0 aromatic carbocycles. The van der Waals surface area contributed by atoms with Gasteiger partial charge in [0.05, 0.1) is 12.8 Å². The van der Waals surface area contributed by atoms with Crippen molar-refractivity contribution in [2.24, 2.45) is 0 Å². The summed E-state index contributed by atoms with van der Waals surface area (Å²) in [7, 11) is 1.31. The number of nitrogens with two attached hydrogens (primary N) is 1. The Labute approximate surface area is 120 Å². The van der Waals surface area contributed by atoms with E-state index < -0.39 is 5.97 Å². The van der Waals surface area contributed by atoms with Crippen LogP contribution in [0.2, 0.25) is 0 Å². The predicted octanol–water partition coefficient (Wildman–Crippen LogP) is 1.58. The number of methoxy groups -OCH3 is 1. The van der Waals surface area contributed by atoms with Crippen molar-refractivity contribution in [1.29, 1.82) is 0 Å². The van der Waals surface area contributed by atoms with E-state index in [0.29, 0.717) is 15.9 Å². The summed E-state index contributed by atoms with van der Waals surface area (Å²) < 4.78 is 4.76. The molecular weight excluding hydrogens is 278 g/mol. The van der Waals surface area contributed by atoms with Crippen LogP contribution in [-0.4, -0.2) is 31.1 Å². The first kappa shape index (κ1) is 13.2. The highest BCUT2D eigenvalue weighted by Crippen LogP contribution is 2.39. The zero-order chi connectivity index (χ0) is 14.3. The van der Waals surface area contributed by atoms with E-state index in [9.17, 15) is 9.59 Å². The van der Waals surface area contributed by atoms with E-state index in [1.807, 2.05) is 0 Å². The van der Waals surface area contributed by atoms with E-state index in [-0.39, 0.29) is 23.2 Å². The molecule has 2 aliphatic carbocycles. The maximum absolute atomic E-state index is 12.1. The van der Waals surface area contributed by atoms with E-state index in [1.165, 1.54) is 18.4 Å². The maximum Gasteiger partial charge on any atom is 0.343 e. The Hall–Kier alpha value is -1.76. The summed E-state index contributed by atoms with van der Waals surface area (Å²) in [6.07, 6.45) is 4.16. The van der Waals surface area contributed by atoms with Crippen LogP contribution in [0.3, 0.4) is 0 Å². The average molecular weight is 295 g/mol. The summed E-state index contributed by atoms with van der Waals surface area (Å²) in [5, 5.41) is 6.77. The van der Waals surface area contributed by atoms with Gasteiger partial charge in [0.2, 0.25) is 0 Å². The van der Waals surface area contributed by atoms with E-state index in [4.69, 9.17) is 10.5 Å². The molecule has 0 saturated heterocycles. The monoisotopic (exact) mass is 295 g/mol. The first-order valence-electron chi connectivity index (χ1n) is 6.68. The van der Waals surface area contributed by atoms with Gasteiger partial charge >= 0.3 is 5.97 Å². The van der Waals surface area contributed by atoms with Gasteiger partial charge in [-0.15, -0.1) is 11.3 Å². The van der Waals surface area contributed by atoms with Gasteiger partial charge in [-0.05, 0) is 25.7 Å². The number of nitrogens with one attached hydrogen (secondary N) is 2. The molecule has 0 spiro atoms. The summed E-state index contributed by atoms with van der Waals surface area (Å²) >= 11 is 1.23. The molecule has 2 saturated carbocycles. The quantitative estimate of drug-likeness (QED) is 0.717. The first-order valence-corrected chi connectivity index (χ1v) is 7.49. The average Bonchev–Trinajstić information content (AvgIpc) is 3.31. The normalized spacial score (nSPS) is 17.6. The topological polar surface area (TPSA) is 93.4 Å². The van der Waals surface area contributed by atoms with Gasteiger partial charge in [0.25, 0.3) is 5.91 Å². The molecule has 0 atom stereocenters. The van der Waals surface area contributed by atoms with Gasteiger partial charge in [-0.2, -0.15) is 0 Å². The molecular formula is C13H17N3O3S. The molecule has 6 nitrogen and oxygen atoms in total. The number of hydrogen-bond acceptors (Lipinski definition) is 6. The summed E-state index contributed by atoms with van der Waals surface area (Å²) in [4.78, 5) is 24.4. The van der Waals surface area contributed by atoms with Crippen molar-refractivity contribution in [1.82, 2.24) is 5.32 Å². The van der Waals surface area contributed by atoms with Crippen LogP contribution in [0.4, 0.5) is 10.7 Å². The van der Waals surface area contributed by atoms with Crippen LogP contribution in [0.5, 0.6) is 0 Å². The number of carbonyl (C=O) groups excluding carboxylic acids is 2. The Morgan fingerprint density at radius 3 is 2.45 bits per heavy atom. The van der Waals surface area contributed by atoms with E-state index >= 15 is 0 Å². The molecule has 0 aliphatic heterocycles. The molecule has 1 aromatic heterocycles. The minimum absolute atomic E-state index is 0.205. The molecule has 20 heavy (non-hydrogen) atoms. The lowest BCUT2D eigenvalue weighted by atomic mass is 10.2. The van der Waals surface area contributed by atoms with E-state index in [1.54, 1.807) is 0 Å². The second-order valence-corrected chi connectivity index (χ2v) is 6.23. The lowest BCUT2D eigenvalue weighted by Gasteiger charge is -2.04. The van der Waals surface area contributed by atoms with Crippen LogP contribution in [0, 0.1) is 0 Å². The first-order chi connectivity index (χ1) is 9.60. The van der Waals surface area contributed by atoms with E-state index in [2.05, 4.69) is 10.6 Å². The minimum atomic E-state index is -0.507. The van der Waals surface area contributed by atoms with Gasteiger partial charge in [0.1, 0.15) is 15.4 Å². The number of carbonyl (C=O) groups is 2. The highest BCUT2D eigenvalue weighted by molar-refractivity contribution is 7.19. The van der Waals surface area contributed by atoms with Gasteiger partial charge in [-0.3, -0.25) is 4.79 Å². The Morgan fingerprint density at radius 1 is 1.25 bits per heavy atom. The molecule has 2 aliphatic rings. The van der Waals surface area contributed by atoms with Crippen molar-refractivity contribution in [2.75, 3.05) is 18.2 Å². The predicted molar refractivity (Wildman–Crippen MR) is 77.2 cm³/mol. The Kier molecular flexibility index (Phi) is 3.29. The van der Waals surface area contributed by atoms with Crippen LogP contribution in [0.15, 0.2) is 0 Å². The second kappa shape index (κ2) is 4.97. The van der Waals surface area contributed by atoms with Gasteiger partial charge < -0.3 is 21.1 Å². The molecule has 1 heterocycles. The lowest BCUT2D eigenvalue weighted by Crippen LogP contribution is -2.25. The van der Waals surface area contributed by atoms with Crippen molar-refractivity contribution < 1.29 is 14.3 Å². The van der Waals surface area contributed by atoms with Crippen molar-refractivity contribution in [3.05, 3.63) is 10.4 Å². The summed E-state index contributed by atoms with van der Waals surface area (Å²) in [6.45, 7) is 0. The molecule has 108 valence electrons. The second-order valence-electron chi connectivity index (χ2n) is 5.21. The Morgan fingerprint density at radius 2 is 1.90 bits per heavy atom. The minimum Gasteiger partial charge on any atom is -0.465 e. The number of esters is 1. The third-order valence-corrected chi connectivity index (χ3v) is 4.50. The third-order valence-electron chi connectivity index (χ3n) is 3.37. The summed E-state index contributed by atoms with van der Waals surface area (Å²) in [5.74, 6) is -0.712. The molecule has 2 fully saturated rings. The molecule has 4 N–H and O–H groups in total. The maximum atomic E-state index is 12.1. The van der Waals surface area contributed by atoms with E-state index in [0.717, 1.165) is 25.7 Å². The number of nitrogen functional groups attached to an aromatic ring is 1. The number of hydrogen-bond donors (Lipinski definition) is 3. The highest BCUT2D eigenvalue weighted by atomic mass is 32.1. The zero-order valence-electron chi connectivity index (χ0n) is 11.2. The van der Waals surface area contributed by atoms with Crippen LogP contribution < -0.4 is 16.4 Å².